The van der Waals surface area contributed by atoms with E-state index in [0.29, 0.717) is 5.75 Å². The molecule has 6 heteroatoms. The summed E-state index contributed by atoms with van der Waals surface area (Å²) in [4.78, 5) is 2.62. The number of ether oxygens (including phenoxy) is 1. The molecule has 20 heavy (non-hydrogen) atoms. The van der Waals surface area contributed by atoms with Gasteiger partial charge in [0, 0.05) is 6.04 Å². The van der Waals surface area contributed by atoms with Crippen LogP contribution in [0.2, 0.25) is 0 Å². The van der Waals surface area contributed by atoms with Crippen molar-refractivity contribution < 1.29 is 13.2 Å². The zero-order valence-corrected chi connectivity index (χ0v) is 12.8. The molecule has 0 bridgehead atoms. The number of methoxy groups -OCH3 is 1. The van der Waals surface area contributed by atoms with Crippen LogP contribution in [0.5, 0.6) is 5.75 Å². The van der Waals surface area contributed by atoms with Crippen LogP contribution in [-0.2, 0) is 10.0 Å². The molecule has 0 amide bonds. The summed E-state index contributed by atoms with van der Waals surface area (Å²) in [5, 5.41) is 0. The number of benzene rings is 1. The van der Waals surface area contributed by atoms with Crippen molar-refractivity contribution in [1.29, 1.82) is 0 Å². The summed E-state index contributed by atoms with van der Waals surface area (Å²) >= 11 is 0. The Balaban J connectivity index is 2.00. The van der Waals surface area contributed by atoms with Crippen molar-refractivity contribution >= 4 is 10.0 Å². The Bertz CT molecular complexity index is 520. The molecule has 0 unspecified atom stereocenters. The second kappa shape index (κ2) is 6.56. The van der Waals surface area contributed by atoms with Gasteiger partial charge in [0.15, 0.2) is 0 Å². The van der Waals surface area contributed by atoms with Gasteiger partial charge in [-0.1, -0.05) is 6.92 Å². The zero-order valence-electron chi connectivity index (χ0n) is 12.0. The van der Waals surface area contributed by atoms with E-state index in [9.17, 15) is 8.42 Å². The van der Waals surface area contributed by atoms with Gasteiger partial charge in [0.1, 0.15) is 5.75 Å². The predicted octanol–water partition coefficient (Wildman–Crippen LogP) is 1.46. The third-order valence-corrected chi connectivity index (χ3v) is 5.26. The van der Waals surface area contributed by atoms with E-state index in [1.54, 1.807) is 31.4 Å². The molecular weight excluding hydrogens is 276 g/mol. The number of rotatable bonds is 5. The first kappa shape index (κ1) is 15.3. The fourth-order valence-corrected chi connectivity index (χ4v) is 3.71. The maximum Gasteiger partial charge on any atom is 0.240 e. The molecule has 1 fully saturated rings. The molecule has 1 aliphatic heterocycles. The first-order valence-electron chi connectivity index (χ1n) is 6.94. The van der Waals surface area contributed by atoms with Crippen LogP contribution in [0.1, 0.15) is 19.8 Å². The maximum absolute atomic E-state index is 12.3. The SMILES string of the molecule is CCN1CCC(NS(=O)(=O)c2ccc(OC)cc2)CC1. The van der Waals surface area contributed by atoms with Crippen LogP contribution in [0.4, 0.5) is 0 Å². The van der Waals surface area contributed by atoms with Crippen molar-refractivity contribution in [1.82, 2.24) is 9.62 Å². The number of nitrogens with zero attached hydrogens (tertiary/aromatic N) is 1. The van der Waals surface area contributed by atoms with Crippen LogP contribution in [0.3, 0.4) is 0 Å². The summed E-state index contributed by atoms with van der Waals surface area (Å²) in [6.07, 6.45) is 1.73. The highest BCUT2D eigenvalue weighted by Gasteiger charge is 2.23. The van der Waals surface area contributed by atoms with E-state index in [2.05, 4.69) is 16.5 Å². The van der Waals surface area contributed by atoms with Crippen LogP contribution in [-0.4, -0.2) is 46.1 Å². The molecule has 112 valence electrons. The smallest absolute Gasteiger partial charge is 0.240 e. The highest BCUT2D eigenvalue weighted by Crippen LogP contribution is 2.17. The van der Waals surface area contributed by atoms with E-state index in [-0.39, 0.29) is 10.9 Å². The number of sulfonamides is 1. The molecule has 5 nitrogen and oxygen atoms in total. The van der Waals surface area contributed by atoms with Gasteiger partial charge in [0.05, 0.1) is 12.0 Å². The van der Waals surface area contributed by atoms with Crippen molar-refractivity contribution in [2.45, 2.75) is 30.7 Å². The van der Waals surface area contributed by atoms with Gasteiger partial charge in [-0.2, -0.15) is 0 Å². The Morgan fingerprint density at radius 2 is 1.85 bits per heavy atom. The Labute approximate surface area is 121 Å². The van der Waals surface area contributed by atoms with Crippen molar-refractivity contribution in [3.8, 4) is 5.75 Å². The van der Waals surface area contributed by atoms with Gasteiger partial charge in [-0.15, -0.1) is 0 Å². The van der Waals surface area contributed by atoms with Crippen LogP contribution in [0, 0.1) is 0 Å². The van der Waals surface area contributed by atoms with Crippen LogP contribution in [0.15, 0.2) is 29.2 Å². The van der Waals surface area contributed by atoms with Gasteiger partial charge in [-0.05, 0) is 56.7 Å². The Morgan fingerprint density at radius 1 is 1.25 bits per heavy atom. The lowest BCUT2D eigenvalue weighted by atomic mass is 10.1. The van der Waals surface area contributed by atoms with Gasteiger partial charge in [-0.3, -0.25) is 0 Å². The Hall–Kier alpha value is -1.11. The number of likely N-dealkylation sites (tertiary alicyclic amines) is 1. The topological polar surface area (TPSA) is 58.6 Å². The van der Waals surface area contributed by atoms with Gasteiger partial charge in [0.2, 0.25) is 10.0 Å². The van der Waals surface area contributed by atoms with E-state index < -0.39 is 10.0 Å². The van der Waals surface area contributed by atoms with Crippen molar-refractivity contribution in [2.24, 2.45) is 0 Å². The summed E-state index contributed by atoms with van der Waals surface area (Å²) in [6, 6.07) is 6.50. The number of piperidine rings is 1. The van der Waals surface area contributed by atoms with E-state index in [0.717, 1.165) is 32.5 Å². The molecular formula is C14H22N2O3S. The molecule has 0 radical (unpaired) electrons. The summed E-state index contributed by atoms with van der Waals surface area (Å²) in [7, 11) is -1.87. The quantitative estimate of drug-likeness (QED) is 0.894. The Morgan fingerprint density at radius 3 is 2.35 bits per heavy atom. The monoisotopic (exact) mass is 298 g/mol. The second-order valence-electron chi connectivity index (χ2n) is 5.01. The lowest BCUT2D eigenvalue weighted by Gasteiger charge is -2.31. The zero-order chi connectivity index (χ0) is 14.6. The minimum Gasteiger partial charge on any atom is -0.497 e. The Kier molecular flexibility index (Phi) is 5.01. The summed E-state index contributed by atoms with van der Waals surface area (Å²) in [6.45, 7) is 5.05. The highest BCUT2D eigenvalue weighted by atomic mass is 32.2. The van der Waals surface area contributed by atoms with Crippen molar-refractivity contribution in [3.05, 3.63) is 24.3 Å². The van der Waals surface area contributed by atoms with Gasteiger partial charge < -0.3 is 9.64 Å². The van der Waals surface area contributed by atoms with Gasteiger partial charge >= 0.3 is 0 Å². The first-order chi connectivity index (χ1) is 9.55. The molecule has 0 saturated carbocycles. The standard InChI is InChI=1S/C14H22N2O3S/c1-3-16-10-8-12(9-11-16)15-20(17,18)14-6-4-13(19-2)5-7-14/h4-7,12,15H,3,8-11H2,1-2H3. The molecule has 1 heterocycles. The molecule has 0 spiro atoms. The summed E-state index contributed by atoms with van der Waals surface area (Å²) in [5.74, 6) is 0.653. The fraction of sp³-hybridized carbons (Fsp3) is 0.571. The number of hydrogen-bond acceptors (Lipinski definition) is 4. The average Bonchev–Trinajstić information content (AvgIpc) is 2.48. The van der Waals surface area contributed by atoms with E-state index in [4.69, 9.17) is 4.74 Å². The third-order valence-electron chi connectivity index (χ3n) is 3.73. The molecule has 0 aliphatic carbocycles. The minimum atomic E-state index is -3.43. The molecule has 1 N–H and O–H groups in total. The first-order valence-corrected chi connectivity index (χ1v) is 8.42. The normalized spacial score (nSPS) is 18.1. The largest absolute Gasteiger partial charge is 0.497 e. The van der Waals surface area contributed by atoms with E-state index >= 15 is 0 Å². The van der Waals surface area contributed by atoms with E-state index in [1.165, 1.54) is 0 Å². The molecule has 0 aromatic heterocycles. The minimum absolute atomic E-state index is 0.0323. The summed E-state index contributed by atoms with van der Waals surface area (Å²) in [5.41, 5.74) is 0. The van der Waals surface area contributed by atoms with Gasteiger partial charge in [-0.25, -0.2) is 13.1 Å². The molecule has 0 atom stereocenters. The maximum atomic E-state index is 12.3. The third kappa shape index (κ3) is 3.71. The number of nitrogens with one attached hydrogen (secondary N) is 1. The van der Waals surface area contributed by atoms with Crippen LogP contribution >= 0.6 is 0 Å². The molecule has 1 aromatic rings. The number of hydrogen-bond donors (Lipinski definition) is 1. The van der Waals surface area contributed by atoms with Crippen molar-refractivity contribution in [2.75, 3.05) is 26.7 Å². The highest BCUT2D eigenvalue weighted by molar-refractivity contribution is 7.89. The molecule has 1 aromatic carbocycles. The second-order valence-corrected chi connectivity index (χ2v) is 6.72. The average molecular weight is 298 g/mol. The predicted molar refractivity (Wildman–Crippen MR) is 78.5 cm³/mol. The lowest BCUT2D eigenvalue weighted by molar-refractivity contribution is 0.217. The van der Waals surface area contributed by atoms with Crippen LogP contribution in [0.25, 0.3) is 0 Å². The fourth-order valence-electron chi connectivity index (χ4n) is 2.41. The van der Waals surface area contributed by atoms with E-state index in [1.807, 2.05) is 0 Å². The molecule has 1 saturated heterocycles. The molecule has 2 rings (SSSR count). The molecule has 1 aliphatic rings. The lowest BCUT2D eigenvalue weighted by Crippen LogP contribution is -2.44. The summed E-state index contributed by atoms with van der Waals surface area (Å²) < 4.78 is 32.4. The van der Waals surface area contributed by atoms with Crippen LogP contribution < -0.4 is 9.46 Å². The van der Waals surface area contributed by atoms with Crippen molar-refractivity contribution in [3.63, 3.8) is 0 Å². The van der Waals surface area contributed by atoms with Gasteiger partial charge in [0.25, 0.3) is 0 Å².